The number of carbonyl (C=O) groups excluding carboxylic acids is 3. The number of ether oxygens (including phenoxy) is 2. The molecule has 0 saturated carbocycles. The molecule has 0 bridgehead atoms. The second-order valence-electron chi connectivity index (χ2n) is 11.6. The van der Waals surface area contributed by atoms with E-state index in [2.05, 4.69) is 21.3 Å². The van der Waals surface area contributed by atoms with E-state index >= 15 is 0 Å². The predicted molar refractivity (Wildman–Crippen MR) is 175 cm³/mol. The number of nitrogens with one attached hydrogen (secondary N) is 4. The van der Waals surface area contributed by atoms with E-state index in [4.69, 9.17) is 21.1 Å². The Hall–Kier alpha value is -3.51. The Morgan fingerprint density at radius 1 is 0.956 bits per heavy atom. The molecule has 2 unspecified atom stereocenters. The summed E-state index contributed by atoms with van der Waals surface area (Å²) in [5, 5.41) is 12.7. The molecule has 2 aliphatic rings. The van der Waals surface area contributed by atoms with Gasteiger partial charge in [-0.3, -0.25) is 9.59 Å². The van der Waals surface area contributed by atoms with Crippen molar-refractivity contribution in [2.75, 3.05) is 33.1 Å². The number of hydrogen-bond donors (Lipinski definition) is 4. The number of fused-ring (bicyclic) bond motifs is 2. The van der Waals surface area contributed by atoms with Crippen LogP contribution < -0.4 is 30.7 Å². The van der Waals surface area contributed by atoms with Gasteiger partial charge in [0.1, 0.15) is 11.5 Å². The summed E-state index contributed by atoms with van der Waals surface area (Å²) in [6.07, 6.45) is 7.15. The summed E-state index contributed by atoms with van der Waals surface area (Å²) in [4.78, 5) is 36.5. The van der Waals surface area contributed by atoms with E-state index in [0.717, 1.165) is 36.5 Å². The van der Waals surface area contributed by atoms with Crippen molar-refractivity contribution in [3.8, 4) is 11.5 Å². The van der Waals surface area contributed by atoms with Crippen molar-refractivity contribution in [1.29, 1.82) is 0 Å². The highest BCUT2D eigenvalue weighted by atomic mass is 35.5. The summed E-state index contributed by atoms with van der Waals surface area (Å²) in [6.45, 7) is 2.83. The minimum Gasteiger partial charge on any atom is -0.495 e. The van der Waals surface area contributed by atoms with Gasteiger partial charge in [0.25, 0.3) is 0 Å². The standard InChI is InChI=1S/C32H43ClN4O7S/c1-20(18-23-27(33)30(44-3)22-13-7-6-12-21(22)29(23)43-2)31(39)35-17-11-5-4-10-16-34-26(38)15-9-8-14-25-28-24(19-45(25,41)42)36-32(40)37-28/h6-7,12-13,18,24-25,28H,4-5,8-11,14-17,19H2,1-3H3,(H,34,38)(H,35,39)(H2,36,37,40)/b20-18+/t24?,25?,28-/m0/s1. The fraction of sp³-hybridized carbons (Fsp3) is 0.531. The van der Waals surface area contributed by atoms with Crippen molar-refractivity contribution in [3.63, 3.8) is 0 Å². The fourth-order valence-corrected chi connectivity index (χ4v) is 8.68. The molecule has 45 heavy (non-hydrogen) atoms. The maximum atomic E-state index is 12.8. The minimum absolute atomic E-state index is 0.0301. The summed E-state index contributed by atoms with van der Waals surface area (Å²) < 4.78 is 36.0. The molecule has 3 atom stereocenters. The molecule has 11 nitrogen and oxygen atoms in total. The molecular formula is C32H43ClN4O7S. The van der Waals surface area contributed by atoms with Gasteiger partial charge in [-0.2, -0.15) is 0 Å². The van der Waals surface area contributed by atoms with Crippen molar-refractivity contribution in [2.24, 2.45) is 0 Å². The van der Waals surface area contributed by atoms with Crippen LogP contribution in [0.3, 0.4) is 0 Å². The summed E-state index contributed by atoms with van der Waals surface area (Å²) in [5.74, 6) is 0.831. The molecule has 0 radical (unpaired) electrons. The first-order valence-corrected chi connectivity index (χ1v) is 17.5. The first-order valence-electron chi connectivity index (χ1n) is 15.4. The molecular weight excluding hydrogens is 620 g/mol. The number of hydrogen-bond acceptors (Lipinski definition) is 7. The number of benzene rings is 2. The van der Waals surface area contributed by atoms with Crippen LogP contribution in [0.2, 0.25) is 5.02 Å². The lowest BCUT2D eigenvalue weighted by atomic mass is 10.0. The number of halogens is 1. The normalized spacial score (nSPS) is 20.3. The Bertz CT molecular complexity index is 1550. The molecule has 4 amide bonds. The van der Waals surface area contributed by atoms with Crippen LogP contribution in [-0.4, -0.2) is 76.7 Å². The molecule has 0 aromatic heterocycles. The number of methoxy groups -OCH3 is 2. The van der Waals surface area contributed by atoms with Crippen LogP contribution in [-0.2, 0) is 19.4 Å². The first kappa shape index (κ1) is 34.4. The molecule has 2 fully saturated rings. The average molecular weight is 663 g/mol. The number of unbranched alkanes of at least 4 members (excludes halogenated alkanes) is 4. The summed E-state index contributed by atoms with van der Waals surface area (Å²) in [7, 11) is -0.120. The van der Waals surface area contributed by atoms with Gasteiger partial charge in [-0.25, -0.2) is 13.2 Å². The Morgan fingerprint density at radius 3 is 2.27 bits per heavy atom. The minimum atomic E-state index is -3.25. The van der Waals surface area contributed by atoms with E-state index in [-0.39, 0.29) is 35.7 Å². The monoisotopic (exact) mass is 662 g/mol. The molecule has 2 aromatic rings. The molecule has 0 aliphatic carbocycles. The van der Waals surface area contributed by atoms with Gasteiger partial charge >= 0.3 is 6.03 Å². The maximum Gasteiger partial charge on any atom is 0.315 e. The third-order valence-corrected chi connectivity index (χ3v) is 11.0. The summed E-state index contributed by atoms with van der Waals surface area (Å²) in [5.41, 5.74) is 1.08. The Kier molecular flexibility index (Phi) is 12.0. The molecule has 13 heteroatoms. The van der Waals surface area contributed by atoms with E-state index in [1.165, 1.54) is 0 Å². The van der Waals surface area contributed by atoms with Crippen molar-refractivity contribution in [3.05, 3.63) is 40.4 Å². The Morgan fingerprint density at radius 2 is 1.60 bits per heavy atom. The fourth-order valence-electron chi connectivity index (χ4n) is 6.09. The van der Waals surface area contributed by atoms with Crippen molar-refractivity contribution >= 4 is 56.1 Å². The highest BCUT2D eigenvalue weighted by molar-refractivity contribution is 7.92. The van der Waals surface area contributed by atoms with Gasteiger partial charge in [0.2, 0.25) is 11.8 Å². The number of amides is 4. The molecule has 246 valence electrons. The lowest BCUT2D eigenvalue weighted by Gasteiger charge is -2.16. The number of sulfone groups is 1. The Labute approximate surface area is 269 Å². The predicted octanol–water partition coefficient (Wildman–Crippen LogP) is 4.11. The largest absolute Gasteiger partial charge is 0.495 e. The smallest absolute Gasteiger partial charge is 0.315 e. The van der Waals surface area contributed by atoms with Crippen LogP contribution in [0.1, 0.15) is 63.9 Å². The van der Waals surface area contributed by atoms with E-state index in [1.54, 1.807) is 27.2 Å². The zero-order chi connectivity index (χ0) is 32.6. The second kappa shape index (κ2) is 15.7. The van der Waals surface area contributed by atoms with Gasteiger partial charge in [-0.05, 0) is 38.7 Å². The van der Waals surface area contributed by atoms with E-state index in [1.807, 2.05) is 24.3 Å². The van der Waals surface area contributed by atoms with Gasteiger partial charge in [0, 0.05) is 41.4 Å². The quantitative estimate of drug-likeness (QED) is 0.120. The van der Waals surface area contributed by atoms with Gasteiger partial charge in [-0.1, -0.05) is 55.1 Å². The Balaban J connectivity index is 1.10. The van der Waals surface area contributed by atoms with Crippen LogP contribution in [0.15, 0.2) is 29.8 Å². The first-order chi connectivity index (χ1) is 21.6. The third kappa shape index (κ3) is 8.40. The molecule has 0 spiro atoms. The molecule has 4 N–H and O–H groups in total. The molecule has 2 heterocycles. The zero-order valence-corrected chi connectivity index (χ0v) is 27.6. The number of rotatable bonds is 16. The topological polar surface area (TPSA) is 152 Å². The number of carbonyl (C=O) groups is 3. The lowest BCUT2D eigenvalue weighted by Crippen LogP contribution is -2.39. The third-order valence-electron chi connectivity index (χ3n) is 8.40. The average Bonchev–Trinajstić information content (AvgIpc) is 3.47. The maximum absolute atomic E-state index is 12.8. The van der Waals surface area contributed by atoms with Gasteiger partial charge in [-0.15, -0.1) is 0 Å². The lowest BCUT2D eigenvalue weighted by molar-refractivity contribution is -0.121. The van der Waals surface area contributed by atoms with Gasteiger partial charge < -0.3 is 30.7 Å². The zero-order valence-electron chi connectivity index (χ0n) is 26.0. The van der Waals surface area contributed by atoms with Crippen LogP contribution >= 0.6 is 11.6 Å². The van der Waals surface area contributed by atoms with Crippen LogP contribution in [0.25, 0.3) is 16.8 Å². The number of urea groups is 1. The van der Waals surface area contributed by atoms with E-state index in [0.29, 0.717) is 66.4 Å². The van der Waals surface area contributed by atoms with E-state index < -0.39 is 15.1 Å². The molecule has 2 aliphatic heterocycles. The van der Waals surface area contributed by atoms with Gasteiger partial charge in [0.15, 0.2) is 9.84 Å². The molecule has 2 saturated heterocycles. The SMILES string of the molecule is COc1c(Cl)c(/C=C(\C)C(=O)NCCCCCCNC(=O)CCCCC2[C@H]3NC(=O)NC3CS2(=O)=O)c(OC)c2ccccc12. The highest BCUT2D eigenvalue weighted by Crippen LogP contribution is 2.44. The highest BCUT2D eigenvalue weighted by Gasteiger charge is 2.51. The van der Waals surface area contributed by atoms with Crippen molar-refractivity contribution in [1.82, 2.24) is 21.3 Å². The van der Waals surface area contributed by atoms with Crippen molar-refractivity contribution < 1.29 is 32.3 Å². The van der Waals surface area contributed by atoms with Crippen LogP contribution in [0.5, 0.6) is 11.5 Å². The summed E-state index contributed by atoms with van der Waals surface area (Å²) in [6, 6.07) is 6.58. The van der Waals surface area contributed by atoms with Gasteiger partial charge in [0.05, 0.1) is 42.3 Å². The summed E-state index contributed by atoms with van der Waals surface area (Å²) >= 11 is 6.67. The molecule has 2 aromatic carbocycles. The van der Waals surface area contributed by atoms with Crippen LogP contribution in [0.4, 0.5) is 4.79 Å². The van der Waals surface area contributed by atoms with Crippen LogP contribution in [0, 0.1) is 0 Å². The van der Waals surface area contributed by atoms with E-state index in [9.17, 15) is 22.8 Å². The molecule has 4 rings (SSSR count). The van der Waals surface area contributed by atoms with Crippen molar-refractivity contribution in [2.45, 2.75) is 75.6 Å². The second-order valence-corrected chi connectivity index (χ2v) is 14.2.